The first-order chi connectivity index (χ1) is 14.1. The first kappa shape index (κ1) is 18.5. The van der Waals surface area contributed by atoms with E-state index in [1.54, 1.807) is 36.4 Å². The second kappa shape index (κ2) is 8.02. The van der Waals surface area contributed by atoms with Crippen molar-refractivity contribution in [3.05, 3.63) is 77.6 Å². The van der Waals surface area contributed by atoms with Crippen LogP contribution >= 0.6 is 0 Å². The number of aromatic nitrogens is 1. The normalized spacial score (nSPS) is 12.2. The minimum absolute atomic E-state index is 0.136. The topological polar surface area (TPSA) is 89.6 Å². The minimum atomic E-state index is -0.424. The Morgan fingerprint density at radius 3 is 2.07 bits per heavy atom. The Bertz CT molecular complexity index is 1060. The van der Waals surface area contributed by atoms with Crippen molar-refractivity contribution in [1.29, 1.82) is 0 Å². The number of nitrogens with one attached hydrogen (secondary N) is 2. The Hall–Kier alpha value is -3.87. The largest absolute Gasteiger partial charge is 0.486 e. The van der Waals surface area contributed by atoms with E-state index in [-0.39, 0.29) is 17.3 Å². The van der Waals surface area contributed by atoms with Crippen molar-refractivity contribution in [3.63, 3.8) is 0 Å². The van der Waals surface area contributed by atoms with Crippen molar-refractivity contribution < 1.29 is 19.1 Å². The SMILES string of the molecule is Cc1ccc(NC(=O)c2cccc(C(=O)Nc3ccc4c(c3)OCCO4)n2)cc1. The zero-order valence-corrected chi connectivity index (χ0v) is 15.8. The summed E-state index contributed by atoms with van der Waals surface area (Å²) in [7, 11) is 0. The van der Waals surface area contributed by atoms with Crippen molar-refractivity contribution >= 4 is 23.2 Å². The van der Waals surface area contributed by atoms with Gasteiger partial charge >= 0.3 is 0 Å². The van der Waals surface area contributed by atoms with Crippen molar-refractivity contribution in [2.45, 2.75) is 6.92 Å². The standard InChI is InChI=1S/C22H19N3O4/c1-14-5-7-15(8-6-14)23-21(26)17-3-2-4-18(25-17)22(27)24-16-9-10-19-20(13-16)29-12-11-28-19/h2-10,13H,11-12H2,1H3,(H,23,26)(H,24,27). The number of amides is 2. The number of hydrogen-bond donors (Lipinski definition) is 2. The Morgan fingerprint density at radius 2 is 1.38 bits per heavy atom. The molecule has 0 atom stereocenters. The number of ether oxygens (including phenoxy) is 2. The van der Waals surface area contributed by atoms with Gasteiger partial charge in [0.1, 0.15) is 24.6 Å². The predicted molar refractivity (Wildman–Crippen MR) is 109 cm³/mol. The summed E-state index contributed by atoms with van der Waals surface area (Å²) in [5.41, 5.74) is 2.60. The van der Waals surface area contributed by atoms with Crippen LogP contribution in [0.1, 0.15) is 26.5 Å². The third kappa shape index (κ3) is 4.35. The molecule has 2 amide bonds. The highest BCUT2D eigenvalue weighted by Crippen LogP contribution is 2.32. The summed E-state index contributed by atoms with van der Waals surface area (Å²) in [4.78, 5) is 29.2. The van der Waals surface area contributed by atoms with Gasteiger partial charge in [-0.3, -0.25) is 9.59 Å². The van der Waals surface area contributed by atoms with Crippen LogP contribution in [0.25, 0.3) is 0 Å². The van der Waals surface area contributed by atoms with Crippen molar-refractivity contribution in [1.82, 2.24) is 4.98 Å². The van der Waals surface area contributed by atoms with Crippen molar-refractivity contribution in [2.24, 2.45) is 0 Å². The third-order valence-electron chi connectivity index (χ3n) is 4.32. The molecular formula is C22H19N3O4. The average Bonchev–Trinajstić information content (AvgIpc) is 2.75. The van der Waals surface area contributed by atoms with Gasteiger partial charge in [0, 0.05) is 17.4 Å². The van der Waals surface area contributed by atoms with E-state index in [1.165, 1.54) is 0 Å². The molecular weight excluding hydrogens is 370 g/mol. The fourth-order valence-electron chi connectivity index (χ4n) is 2.84. The molecule has 1 aliphatic rings. The van der Waals surface area contributed by atoms with E-state index in [0.29, 0.717) is 36.1 Å². The van der Waals surface area contributed by atoms with Gasteiger partial charge in [-0.15, -0.1) is 0 Å². The molecule has 2 aromatic carbocycles. The lowest BCUT2D eigenvalue weighted by molar-refractivity contribution is 0.101. The maximum absolute atomic E-state index is 12.6. The molecule has 3 aromatic rings. The fourth-order valence-corrected chi connectivity index (χ4v) is 2.84. The van der Waals surface area contributed by atoms with Gasteiger partial charge in [0.25, 0.3) is 11.8 Å². The minimum Gasteiger partial charge on any atom is -0.486 e. The summed E-state index contributed by atoms with van der Waals surface area (Å²) in [6, 6.07) is 17.3. The summed E-state index contributed by atoms with van der Waals surface area (Å²) >= 11 is 0. The molecule has 0 fully saturated rings. The molecule has 146 valence electrons. The second-order valence-corrected chi connectivity index (χ2v) is 6.54. The summed E-state index contributed by atoms with van der Waals surface area (Å²) in [6.45, 7) is 2.93. The summed E-state index contributed by atoms with van der Waals surface area (Å²) in [5.74, 6) is 0.407. The molecule has 0 spiro atoms. The molecule has 2 heterocycles. The number of hydrogen-bond acceptors (Lipinski definition) is 5. The van der Waals surface area contributed by atoms with Crippen molar-refractivity contribution in [3.8, 4) is 11.5 Å². The molecule has 1 aliphatic heterocycles. The molecule has 0 radical (unpaired) electrons. The number of carbonyl (C=O) groups excluding carboxylic acids is 2. The lowest BCUT2D eigenvalue weighted by atomic mass is 10.2. The number of pyridine rings is 1. The van der Waals surface area contributed by atoms with Crippen molar-refractivity contribution in [2.75, 3.05) is 23.8 Å². The van der Waals surface area contributed by atoms with Crippen LogP contribution in [-0.2, 0) is 0 Å². The monoisotopic (exact) mass is 389 g/mol. The molecule has 7 heteroatoms. The van der Waals surface area contributed by atoms with Crippen LogP contribution < -0.4 is 20.1 Å². The van der Waals surface area contributed by atoms with Crippen LogP contribution in [0.4, 0.5) is 11.4 Å². The van der Waals surface area contributed by atoms with Crippen LogP contribution in [0.15, 0.2) is 60.7 Å². The average molecular weight is 389 g/mol. The molecule has 4 rings (SSSR count). The molecule has 0 aliphatic carbocycles. The van der Waals surface area contributed by atoms with Gasteiger partial charge < -0.3 is 20.1 Å². The van der Waals surface area contributed by atoms with Crippen LogP contribution in [0.2, 0.25) is 0 Å². The fraction of sp³-hybridized carbons (Fsp3) is 0.136. The highest BCUT2D eigenvalue weighted by atomic mass is 16.6. The molecule has 2 N–H and O–H groups in total. The Labute approximate surface area is 167 Å². The Morgan fingerprint density at radius 1 is 0.793 bits per heavy atom. The molecule has 1 aromatic heterocycles. The van der Waals surface area contributed by atoms with Gasteiger partial charge in [0.05, 0.1) is 0 Å². The van der Waals surface area contributed by atoms with Gasteiger partial charge in [-0.05, 0) is 43.3 Å². The number of nitrogens with zero attached hydrogens (tertiary/aromatic N) is 1. The molecule has 7 nitrogen and oxygen atoms in total. The van der Waals surface area contributed by atoms with E-state index < -0.39 is 5.91 Å². The second-order valence-electron chi connectivity index (χ2n) is 6.54. The highest BCUT2D eigenvalue weighted by molar-refractivity contribution is 6.06. The number of anilines is 2. The van der Waals surface area contributed by atoms with E-state index in [0.717, 1.165) is 5.56 Å². The van der Waals surface area contributed by atoms with Gasteiger partial charge in [-0.2, -0.15) is 0 Å². The number of rotatable bonds is 4. The van der Waals surface area contributed by atoms with E-state index in [9.17, 15) is 9.59 Å². The third-order valence-corrected chi connectivity index (χ3v) is 4.32. The Balaban J connectivity index is 1.47. The van der Waals surface area contributed by atoms with E-state index in [4.69, 9.17) is 9.47 Å². The maximum Gasteiger partial charge on any atom is 0.274 e. The number of aryl methyl sites for hydroxylation is 1. The molecule has 0 unspecified atom stereocenters. The maximum atomic E-state index is 12.6. The van der Waals surface area contributed by atoms with Crippen LogP contribution in [0, 0.1) is 6.92 Å². The zero-order valence-electron chi connectivity index (χ0n) is 15.8. The molecule has 0 bridgehead atoms. The van der Waals surface area contributed by atoms with Gasteiger partial charge in [-0.1, -0.05) is 23.8 Å². The zero-order chi connectivity index (χ0) is 20.2. The number of fused-ring (bicyclic) bond motifs is 1. The van der Waals surface area contributed by atoms with Gasteiger partial charge in [-0.25, -0.2) is 4.98 Å². The van der Waals surface area contributed by atoms with Crippen LogP contribution in [0.3, 0.4) is 0 Å². The summed E-state index contributed by atoms with van der Waals surface area (Å²) in [5, 5.41) is 5.53. The van der Waals surface area contributed by atoms with Gasteiger partial charge in [0.2, 0.25) is 0 Å². The highest BCUT2D eigenvalue weighted by Gasteiger charge is 2.15. The molecule has 0 saturated carbocycles. The lowest BCUT2D eigenvalue weighted by Gasteiger charge is -2.19. The summed E-state index contributed by atoms with van der Waals surface area (Å²) < 4.78 is 11.0. The quantitative estimate of drug-likeness (QED) is 0.711. The number of benzene rings is 2. The first-order valence-electron chi connectivity index (χ1n) is 9.14. The predicted octanol–water partition coefficient (Wildman–Crippen LogP) is 3.67. The van der Waals surface area contributed by atoms with Crippen LogP contribution in [0.5, 0.6) is 11.5 Å². The smallest absolute Gasteiger partial charge is 0.274 e. The Kier molecular flexibility index (Phi) is 5.11. The van der Waals surface area contributed by atoms with Gasteiger partial charge in [0.15, 0.2) is 11.5 Å². The van der Waals surface area contributed by atoms with E-state index >= 15 is 0 Å². The van der Waals surface area contributed by atoms with E-state index in [2.05, 4.69) is 15.6 Å². The first-order valence-corrected chi connectivity index (χ1v) is 9.14. The molecule has 0 saturated heterocycles. The number of carbonyl (C=O) groups is 2. The molecule has 29 heavy (non-hydrogen) atoms. The van der Waals surface area contributed by atoms with Crippen LogP contribution in [-0.4, -0.2) is 30.0 Å². The van der Waals surface area contributed by atoms with E-state index in [1.807, 2.05) is 31.2 Å². The lowest BCUT2D eigenvalue weighted by Crippen LogP contribution is -2.19. The summed E-state index contributed by atoms with van der Waals surface area (Å²) in [6.07, 6.45) is 0.